The van der Waals surface area contributed by atoms with E-state index in [-0.39, 0.29) is 5.91 Å². The van der Waals surface area contributed by atoms with Gasteiger partial charge in [-0.25, -0.2) is 0 Å². The highest BCUT2D eigenvalue weighted by atomic mass is 32.2. The summed E-state index contributed by atoms with van der Waals surface area (Å²) in [6.45, 7) is 1.79. The first kappa shape index (κ1) is 14.1. The number of rotatable bonds is 4. The maximum Gasteiger partial charge on any atom is 0.233 e. The fourth-order valence-corrected chi connectivity index (χ4v) is 3.28. The van der Waals surface area contributed by atoms with Gasteiger partial charge >= 0.3 is 0 Å². The van der Waals surface area contributed by atoms with E-state index in [1.54, 1.807) is 0 Å². The third kappa shape index (κ3) is 3.10. The first-order valence-electron chi connectivity index (χ1n) is 7.11. The molecule has 2 heterocycles. The molecule has 2 aromatic rings. The second-order valence-electron chi connectivity index (χ2n) is 5.11. The summed E-state index contributed by atoms with van der Waals surface area (Å²) in [6, 6.07) is 9.95. The predicted octanol–water partition coefficient (Wildman–Crippen LogP) is 2.20. The zero-order valence-corrected chi connectivity index (χ0v) is 12.8. The van der Waals surface area contributed by atoms with Gasteiger partial charge in [-0.05, 0) is 12.8 Å². The van der Waals surface area contributed by atoms with Crippen LogP contribution in [0.3, 0.4) is 0 Å². The Morgan fingerprint density at radius 1 is 1.19 bits per heavy atom. The lowest BCUT2D eigenvalue weighted by Gasteiger charge is -2.14. The fraction of sp³-hybridized carbons (Fsp3) is 0.400. The largest absolute Gasteiger partial charge is 0.342 e. The van der Waals surface area contributed by atoms with Crippen LogP contribution in [-0.4, -0.2) is 44.4 Å². The van der Waals surface area contributed by atoms with E-state index >= 15 is 0 Å². The molecule has 0 unspecified atom stereocenters. The molecule has 3 rings (SSSR count). The molecule has 0 saturated carbocycles. The number of benzene rings is 1. The molecule has 1 amide bonds. The van der Waals surface area contributed by atoms with E-state index in [2.05, 4.69) is 10.2 Å². The van der Waals surface area contributed by atoms with E-state index in [1.165, 1.54) is 11.8 Å². The van der Waals surface area contributed by atoms with Crippen LogP contribution in [0.1, 0.15) is 12.8 Å². The van der Waals surface area contributed by atoms with E-state index < -0.39 is 0 Å². The molecule has 1 aliphatic heterocycles. The van der Waals surface area contributed by atoms with Crippen molar-refractivity contribution in [3.63, 3.8) is 0 Å². The number of aromatic nitrogens is 3. The second kappa shape index (κ2) is 6.30. The third-order valence-corrected chi connectivity index (χ3v) is 4.66. The minimum absolute atomic E-state index is 0.196. The molecule has 0 spiro atoms. The molecule has 0 atom stereocenters. The van der Waals surface area contributed by atoms with E-state index in [0.29, 0.717) is 5.75 Å². The van der Waals surface area contributed by atoms with Crippen molar-refractivity contribution in [2.24, 2.45) is 7.05 Å². The maximum atomic E-state index is 12.1. The Kier molecular flexibility index (Phi) is 4.24. The van der Waals surface area contributed by atoms with Crippen molar-refractivity contribution < 1.29 is 4.79 Å². The molecule has 1 saturated heterocycles. The molecule has 21 heavy (non-hydrogen) atoms. The van der Waals surface area contributed by atoms with E-state index in [0.717, 1.165) is 42.5 Å². The first-order chi connectivity index (χ1) is 10.3. The molecule has 1 aromatic carbocycles. The number of amides is 1. The summed E-state index contributed by atoms with van der Waals surface area (Å²) in [5.41, 5.74) is 1.03. The molecular weight excluding hydrogens is 284 g/mol. The standard InChI is InChI=1S/C15H18N4OS/c1-18-14(12-7-3-2-4-8-12)16-17-15(18)21-11-13(20)19-9-5-6-10-19/h2-4,7-8H,5-6,9-11H2,1H3. The van der Waals surface area contributed by atoms with Crippen LogP contribution in [-0.2, 0) is 11.8 Å². The molecule has 0 aliphatic carbocycles. The lowest BCUT2D eigenvalue weighted by Crippen LogP contribution is -2.29. The van der Waals surface area contributed by atoms with Crippen LogP contribution >= 0.6 is 11.8 Å². The molecule has 1 fully saturated rings. The highest BCUT2D eigenvalue weighted by Crippen LogP contribution is 2.23. The quantitative estimate of drug-likeness (QED) is 0.813. The van der Waals surface area contributed by atoms with Gasteiger partial charge in [0.15, 0.2) is 11.0 Å². The summed E-state index contributed by atoms with van der Waals surface area (Å²) in [6.07, 6.45) is 2.25. The second-order valence-corrected chi connectivity index (χ2v) is 6.05. The van der Waals surface area contributed by atoms with Crippen LogP contribution in [0.5, 0.6) is 0 Å². The number of carbonyl (C=O) groups is 1. The van der Waals surface area contributed by atoms with Crippen molar-refractivity contribution in [2.75, 3.05) is 18.8 Å². The normalized spacial score (nSPS) is 14.6. The summed E-state index contributed by atoms with van der Waals surface area (Å²) in [4.78, 5) is 14.0. The summed E-state index contributed by atoms with van der Waals surface area (Å²) in [7, 11) is 1.94. The van der Waals surface area contributed by atoms with E-state index in [9.17, 15) is 4.79 Å². The van der Waals surface area contributed by atoms with E-state index in [4.69, 9.17) is 0 Å². The molecule has 0 bridgehead atoms. The van der Waals surface area contributed by atoms with Gasteiger partial charge in [0.05, 0.1) is 5.75 Å². The minimum atomic E-state index is 0.196. The lowest BCUT2D eigenvalue weighted by atomic mass is 10.2. The molecule has 6 heteroatoms. The van der Waals surface area contributed by atoms with Gasteiger partial charge in [0.2, 0.25) is 5.91 Å². The van der Waals surface area contributed by atoms with Gasteiger partial charge in [0, 0.05) is 25.7 Å². The number of hydrogen-bond donors (Lipinski definition) is 0. The van der Waals surface area contributed by atoms with E-state index in [1.807, 2.05) is 46.8 Å². The molecule has 1 aromatic heterocycles. The van der Waals surface area contributed by atoms with Crippen molar-refractivity contribution in [1.82, 2.24) is 19.7 Å². The Bertz CT molecular complexity index is 620. The molecule has 5 nitrogen and oxygen atoms in total. The Hall–Kier alpha value is -1.82. The monoisotopic (exact) mass is 302 g/mol. The van der Waals surface area contributed by atoms with Crippen LogP contribution in [0.2, 0.25) is 0 Å². The average molecular weight is 302 g/mol. The number of likely N-dealkylation sites (tertiary alicyclic amines) is 1. The fourth-order valence-electron chi connectivity index (χ4n) is 2.46. The summed E-state index contributed by atoms with van der Waals surface area (Å²) >= 11 is 1.46. The van der Waals surface area contributed by atoms with Crippen LogP contribution in [0.4, 0.5) is 0 Å². The summed E-state index contributed by atoms with van der Waals surface area (Å²) in [5.74, 6) is 1.45. The molecular formula is C15H18N4OS. The Labute approximate surface area is 128 Å². The number of carbonyl (C=O) groups excluding carboxylic acids is 1. The summed E-state index contributed by atoms with van der Waals surface area (Å²) in [5, 5.41) is 9.20. The predicted molar refractivity (Wildman–Crippen MR) is 83.0 cm³/mol. The van der Waals surface area contributed by atoms with Gasteiger partial charge < -0.3 is 9.47 Å². The Balaban J connectivity index is 1.67. The SMILES string of the molecule is Cn1c(SCC(=O)N2CCCC2)nnc1-c1ccccc1. The van der Waals surface area contributed by atoms with Gasteiger partial charge in [-0.15, -0.1) is 10.2 Å². The van der Waals surface area contributed by atoms with Crippen LogP contribution in [0, 0.1) is 0 Å². The zero-order valence-electron chi connectivity index (χ0n) is 12.0. The van der Waals surface area contributed by atoms with Crippen LogP contribution < -0.4 is 0 Å². The van der Waals surface area contributed by atoms with Crippen molar-refractivity contribution in [1.29, 1.82) is 0 Å². The van der Waals surface area contributed by atoms with Gasteiger partial charge in [0.25, 0.3) is 0 Å². The number of thioether (sulfide) groups is 1. The highest BCUT2D eigenvalue weighted by molar-refractivity contribution is 7.99. The zero-order chi connectivity index (χ0) is 14.7. The average Bonchev–Trinajstić information content (AvgIpc) is 3.16. The van der Waals surface area contributed by atoms with Crippen molar-refractivity contribution in [2.45, 2.75) is 18.0 Å². The molecule has 0 N–H and O–H groups in total. The smallest absolute Gasteiger partial charge is 0.233 e. The van der Waals surface area contributed by atoms with Gasteiger partial charge in [-0.1, -0.05) is 42.1 Å². The highest BCUT2D eigenvalue weighted by Gasteiger charge is 2.19. The topological polar surface area (TPSA) is 51.0 Å². The Morgan fingerprint density at radius 3 is 2.62 bits per heavy atom. The minimum Gasteiger partial charge on any atom is -0.342 e. The molecule has 110 valence electrons. The summed E-state index contributed by atoms with van der Waals surface area (Å²) < 4.78 is 1.94. The van der Waals surface area contributed by atoms with Crippen LogP contribution in [0.15, 0.2) is 35.5 Å². The van der Waals surface area contributed by atoms with Crippen molar-refractivity contribution in [3.8, 4) is 11.4 Å². The maximum absolute atomic E-state index is 12.1. The lowest BCUT2D eigenvalue weighted by molar-refractivity contribution is -0.127. The van der Waals surface area contributed by atoms with Gasteiger partial charge in [-0.2, -0.15) is 0 Å². The van der Waals surface area contributed by atoms with Gasteiger partial charge in [0.1, 0.15) is 0 Å². The van der Waals surface area contributed by atoms with Crippen molar-refractivity contribution in [3.05, 3.63) is 30.3 Å². The first-order valence-corrected chi connectivity index (χ1v) is 8.09. The Morgan fingerprint density at radius 2 is 1.90 bits per heavy atom. The molecule has 0 radical (unpaired) electrons. The van der Waals surface area contributed by atoms with Crippen LogP contribution in [0.25, 0.3) is 11.4 Å². The number of hydrogen-bond acceptors (Lipinski definition) is 4. The van der Waals surface area contributed by atoms with Gasteiger partial charge in [-0.3, -0.25) is 4.79 Å². The number of nitrogens with zero attached hydrogens (tertiary/aromatic N) is 4. The van der Waals surface area contributed by atoms with Crippen molar-refractivity contribution >= 4 is 17.7 Å². The molecule has 1 aliphatic rings. The third-order valence-electron chi connectivity index (χ3n) is 3.65.